The predicted molar refractivity (Wildman–Crippen MR) is 101 cm³/mol. The number of hydrogen-bond acceptors (Lipinski definition) is 2. The van der Waals surface area contributed by atoms with Gasteiger partial charge in [0, 0.05) is 5.92 Å². The van der Waals surface area contributed by atoms with E-state index >= 15 is 0 Å². The summed E-state index contributed by atoms with van der Waals surface area (Å²) in [7, 11) is 0. The predicted octanol–water partition coefficient (Wildman–Crippen LogP) is 5.75. The summed E-state index contributed by atoms with van der Waals surface area (Å²) in [6.45, 7) is 14.9. The number of hydrogen-bond donors (Lipinski definition) is 0. The molecule has 0 aliphatic heterocycles. The lowest BCUT2D eigenvalue weighted by atomic mass is 9.93. The fraction of sp³-hybridized carbons (Fsp3) is 0.273. The van der Waals surface area contributed by atoms with E-state index in [9.17, 15) is 0 Å². The van der Waals surface area contributed by atoms with Crippen LogP contribution in [0.4, 0.5) is 0 Å². The minimum atomic E-state index is 0.315. The quantitative estimate of drug-likeness (QED) is 0.576. The molecule has 126 valence electrons. The van der Waals surface area contributed by atoms with Crippen LogP contribution in [0.15, 0.2) is 72.8 Å². The Hall–Kier alpha value is -2.48. The summed E-state index contributed by atoms with van der Waals surface area (Å²) < 4.78 is 11.3. The summed E-state index contributed by atoms with van der Waals surface area (Å²) in [5, 5.41) is 0. The van der Waals surface area contributed by atoms with Crippen LogP contribution >= 0.6 is 0 Å². The minimum absolute atomic E-state index is 0.315. The maximum Gasteiger partial charge on any atom is 0.119 e. The van der Waals surface area contributed by atoms with E-state index in [1.807, 2.05) is 38.1 Å². The number of benzene rings is 2. The Labute approximate surface area is 145 Å². The first-order valence-corrected chi connectivity index (χ1v) is 8.20. The van der Waals surface area contributed by atoms with Crippen LogP contribution < -0.4 is 9.47 Å². The van der Waals surface area contributed by atoms with Crippen LogP contribution in [-0.4, -0.2) is 13.2 Å². The Morgan fingerprint density at radius 2 is 1.08 bits per heavy atom. The van der Waals surface area contributed by atoms with Gasteiger partial charge in [-0.2, -0.15) is 0 Å². The molecule has 0 fully saturated rings. The largest absolute Gasteiger partial charge is 0.489 e. The molecule has 2 aromatic carbocycles. The normalized spacial score (nSPS) is 10.5. The van der Waals surface area contributed by atoms with Gasteiger partial charge in [-0.25, -0.2) is 0 Å². The van der Waals surface area contributed by atoms with Gasteiger partial charge < -0.3 is 9.47 Å². The molecule has 0 unspecified atom stereocenters. The van der Waals surface area contributed by atoms with Gasteiger partial charge in [0.1, 0.15) is 24.7 Å². The zero-order valence-electron chi connectivity index (χ0n) is 14.8. The van der Waals surface area contributed by atoms with Crippen molar-refractivity contribution in [2.45, 2.75) is 26.7 Å². The Bertz CT molecular complexity index is 619. The third-order valence-corrected chi connectivity index (χ3v) is 3.73. The molecule has 2 heteroatoms. The molecule has 0 radical (unpaired) electrons. The highest BCUT2D eigenvalue weighted by molar-refractivity contribution is 5.37. The molecule has 0 spiro atoms. The van der Waals surface area contributed by atoms with Crippen LogP contribution in [0.1, 0.15) is 37.8 Å². The second-order valence-corrected chi connectivity index (χ2v) is 6.35. The standard InChI is InChI=1S/C22H26O2/c1-16(2)14-23-21-10-6-19(7-11-21)18(5)20-8-12-22(13-9-20)24-15-17(3)4/h6-13,18H,1,3,14-15H2,2,4-5H3. The van der Waals surface area contributed by atoms with Gasteiger partial charge in [0.25, 0.3) is 0 Å². The highest BCUT2D eigenvalue weighted by Crippen LogP contribution is 2.27. The molecule has 2 rings (SSSR count). The van der Waals surface area contributed by atoms with E-state index < -0.39 is 0 Å². The Kier molecular flexibility index (Phi) is 6.25. The average Bonchev–Trinajstić information content (AvgIpc) is 2.58. The number of ether oxygens (including phenoxy) is 2. The van der Waals surface area contributed by atoms with Crippen LogP contribution in [0.25, 0.3) is 0 Å². The van der Waals surface area contributed by atoms with Gasteiger partial charge in [-0.15, -0.1) is 0 Å². The average molecular weight is 322 g/mol. The molecule has 0 heterocycles. The monoisotopic (exact) mass is 322 g/mol. The first kappa shape index (κ1) is 17.9. The van der Waals surface area contributed by atoms with Gasteiger partial charge in [-0.3, -0.25) is 0 Å². The van der Waals surface area contributed by atoms with Gasteiger partial charge >= 0.3 is 0 Å². The van der Waals surface area contributed by atoms with Gasteiger partial charge in [0.05, 0.1) is 0 Å². The zero-order chi connectivity index (χ0) is 17.5. The van der Waals surface area contributed by atoms with Crippen molar-refractivity contribution in [3.8, 4) is 11.5 Å². The van der Waals surface area contributed by atoms with Gasteiger partial charge in [-0.05, 0) is 60.4 Å². The smallest absolute Gasteiger partial charge is 0.119 e. The van der Waals surface area contributed by atoms with E-state index in [1.54, 1.807) is 0 Å². The van der Waals surface area contributed by atoms with Crippen LogP contribution in [0.3, 0.4) is 0 Å². The molecule has 0 amide bonds. The molecule has 0 aromatic heterocycles. The van der Waals surface area contributed by atoms with Crippen molar-refractivity contribution in [1.82, 2.24) is 0 Å². The van der Waals surface area contributed by atoms with Crippen molar-refractivity contribution in [2.24, 2.45) is 0 Å². The molecule has 0 aliphatic rings. The Morgan fingerprint density at radius 3 is 1.38 bits per heavy atom. The van der Waals surface area contributed by atoms with E-state index in [4.69, 9.17) is 9.47 Å². The fourth-order valence-corrected chi connectivity index (χ4v) is 2.31. The summed E-state index contributed by atoms with van der Waals surface area (Å²) >= 11 is 0. The van der Waals surface area contributed by atoms with Crippen LogP contribution in [0, 0.1) is 0 Å². The SMILES string of the molecule is C=C(C)COc1ccc(C(C)c2ccc(OCC(=C)C)cc2)cc1. The maximum atomic E-state index is 5.65. The van der Waals surface area contributed by atoms with E-state index in [0.29, 0.717) is 19.1 Å². The third kappa shape index (κ3) is 5.31. The second kappa shape index (κ2) is 8.39. The molecule has 0 N–H and O–H groups in total. The topological polar surface area (TPSA) is 18.5 Å². The van der Waals surface area contributed by atoms with Crippen molar-refractivity contribution in [1.29, 1.82) is 0 Å². The summed E-state index contributed by atoms with van der Waals surface area (Å²) in [6.07, 6.45) is 0. The molecular formula is C22H26O2. The van der Waals surface area contributed by atoms with E-state index in [1.165, 1.54) is 11.1 Å². The van der Waals surface area contributed by atoms with Crippen LogP contribution in [0.2, 0.25) is 0 Å². The molecular weight excluding hydrogens is 296 g/mol. The molecule has 0 aliphatic carbocycles. The van der Waals surface area contributed by atoms with Crippen LogP contribution in [0.5, 0.6) is 11.5 Å². The lowest BCUT2D eigenvalue weighted by Gasteiger charge is -2.14. The number of rotatable bonds is 8. The highest BCUT2D eigenvalue weighted by Gasteiger charge is 2.09. The first-order chi connectivity index (χ1) is 11.5. The lowest BCUT2D eigenvalue weighted by Crippen LogP contribution is -2.00. The summed E-state index contributed by atoms with van der Waals surface area (Å²) in [4.78, 5) is 0. The van der Waals surface area contributed by atoms with Crippen molar-refractivity contribution in [2.75, 3.05) is 13.2 Å². The van der Waals surface area contributed by atoms with Crippen molar-refractivity contribution in [3.05, 3.63) is 84.0 Å². The minimum Gasteiger partial charge on any atom is -0.489 e. The Balaban J connectivity index is 2.01. The summed E-state index contributed by atoms with van der Waals surface area (Å²) in [6, 6.07) is 16.5. The summed E-state index contributed by atoms with van der Waals surface area (Å²) in [5.74, 6) is 2.06. The maximum absolute atomic E-state index is 5.65. The van der Waals surface area contributed by atoms with Crippen LogP contribution in [-0.2, 0) is 0 Å². The van der Waals surface area contributed by atoms with Crippen molar-refractivity contribution in [3.63, 3.8) is 0 Å². The van der Waals surface area contributed by atoms with E-state index in [2.05, 4.69) is 44.3 Å². The molecule has 2 nitrogen and oxygen atoms in total. The Morgan fingerprint density at radius 1 is 0.750 bits per heavy atom. The third-order valence-electron chi connectivity index (χ3n) is 3.73. The zero-order valence-corrected chi connectivity index (χ0v) is 14.8. The van der Waals surface area contributed by atoms with Crippen molar-refractivity contribution < 1.29 is 9.47 Å². The molecule has 0 bridgehead atoms. The van der Waals surface area contributed by atoms with E-state index in [-0.39, 0.29) is 0 Å². The second-order valence-electron chi connectivity index (χ2n) is 6.35. The van der Waals surface area contributed by atoms with Crippen molar-refractivity contribution >= 4 is 0 Å². The molecule has 2 aromatic rings. The first-order valence-electron chi connectivity index (χ1n) is 8.20. The van der Waals surface area contributed by atoms with Gasteiger partial charge in [-0.1, -0.05) is 44.3 Å². The molecule has 0 atom stereocenters. The molecule has 24 heavy (non-hydrogen) atoms. The van der Waals surface area contributed by atoms with Gasteiger partial charge in [0.15, 0.2) is 0 Å². The summed E-state index contributed by atoms with van der Waals surface area (Å²) in [5.41, 5.74) is 4.55. The lowest BCUT2D eigenvalue weighted by molar-refractivity contribution is 0.352. The van der Waals surface area contributed by atoms with Gasteiger partial charge in [0.2, 0.25) is 0 Å². The molecule has 0 saturated heterocycles. The fourth-order valence-electron chi connectivity index (χ4n) is 2.31. The highest BCUT2D eigenvalue weighted by atomic mass is 16.5. The van der Waals surface area contributed by atoms with E-state index in [0.717, 1.165) is 22.6 Å². The molecule has 0 saturated carbocycles.